The molecule has 5 aliphatic carbocycles. The van der Waals surface area contributed by atoms with Gasteiger partial charge in [-0.2, -0.15) is 0 Å². The highest BCUT2D eigenvalue weighted by Crippen LogP contribution is 2.78. The molecular formula is C30H50O. The molecule has 176 valence electrons. The Kier molecular flexibility index (Phi) is 4.65. The minimum atomic E-state index is 0.237. The number of Topliss-reactive ketones (excluding diaryl/α,β-unsaturated/α-hetero) is 1. The highest BCUT2D eigenvalue weighted by atomic mass is 16.1. The number of fused-ring (bicyclic) bond motifs is 7. The molecule has 31 heavy (non-hydrogen) atoms. The number of ketones is 1. The number of hydrogen-bond acceptors (Lipinski definition) is 1. The maximum atomic E-state index is 12.7. The zero-order valence-corrected chi connectivity index (χ0v) is 22.0. The Labute approximate surface area is 192 Å². The van der Waals surface area contributed by atoms with Crippen LogP contribution in [0.25, 0.3) is 0 Å². The largest absolute Gasteiger partial charge is 0.299 e. The van der Waals surface area contributed by atoms with E-state index in [0.29, 0.717) is 32.9 Å². The molecule has 0 amide bonds. The lowest BCUT2D eigenvalue weighted by Gasteiger charge is -2.74. The molecule has 0 spiro atoms. The van der Waals surface area contributed by atoms with E-state index in [0.717, 1.165) is 30.6 Å². The molecule has 5 aliphatic rings. The van der Waals surface area contributed by atoms with E-state index in [1.165, 1.54) is 57.8 Å². The van der Waals surface area contributed by atoms with Crippen molar-refractivity contribution in [2.45, 2.75) is 126 Å². The van der Waals surface area contributed by atoms with Gasteiger partial charge in [-0.25, -0.2) is 0 Å². The first kappa shape index (κ1) is 22.5. The third-order valence-corrected chi connectivity index (χ3v) is 13.7. The van der Waals surface area contributed by atoms with Crippen molar-refractivity contribution in [3.05, 3.63) is 0 Å². The topological polar surface area (TPSA) is 17.1 Å². The van der Waals surface area contributed by atoms with Gasteiger partial charge < -0.3 is 0 Å². The highest BCUT2D eigenvalue weighted by Gasteiger charge is 2.70. The molecule has 0 aromatic heterocycles. The summed E-state index contributed by atoms with van der Waals surface area (Å²) >= 11 is 0. The molecular weight excluding hydrogens is 376 g/mol. The maximum absolute atomic E-state index is 12.7. The summed E-state index contributed by atoms with van der Waals surface area (Å²) in [6.45, 7) is 20.7. The second-order valence-electron chi connectivity index (χ2n) is 15.3. The van der Waals surface area contributed by atoms with Crippen molar-refractivity contribution in [3.8, 4) is 0 Å². The van der Waals surface area contributed by atoms with E-state index in [2.05, 4.69) is 55.4 Å². The van der Waals surface area contributed by atoms with Crippen molar-refractivity contribution in [2.24, 2.45) is 56.2 Å². The third-order valence-electron chi connectivity index (χ3n) is 13.7. The molecule has 0 heterocycles. The molecule has 0 aliphatic heterocycles. The molecule has 5 saturated carbocycles. The number of carbonyl (C=O) groups is 1. The molecule has 0 bridgehead atoms. The van der Waals surface area contributed by atoms with E-state index in [4.69, 9.17) is 0 Å². The smallest absolute Gasteiger partial charge is 0.136 e. The summed E-state index contributed by atoms with van der Waals surface area (Å²) in [5.41, 5.74) is 2.67. The quantitative estimate of drug-likeness (QED) is 0.379. The molecule has 1 heteroatoms. The highest BCUT2D eigenvalue weighted by molar-refractivity contribution is 5.82. The predicted octanol–water partition coefficient (Wildman–Crippen LogP) is 8.46. The summed E-state index contributed by atoms with van der Waals surface area (Å²) in [5.74, 6) is 3.27. The second kappa shape index (κ2) is 6.41. The molecule has 5 rings (SSSR count). The summed E-state index contributed by atoms with van der Waals surface area (Å²) in [6.07, 6.45) is 14.6. The van der Waals surface area contributed by atoms with Gasteiger partial charge in [0.25, 0.3) is 0 Å². The van der Waals surface area contributed by atoms with E-state index < -0.39 is 0 Å². The van der Waals surface area contributed by atoms with Crippen LogP contribution in [0.15, 0.2) is 0 Å². The van der Waals surface area contributed by atoms with Crippen molar-refractivity contribution in [2.75, 3.05) is 0 Å². The normalized spacial score (nSPS) is 58.5. The minimum absolute atomic E-state index is 0.237. The fourth-order valence-corrected chi connectivity index (χ4v) is 11.2. The van der Waals surface area contributed by atoms with Crippen LogP contribution in [0.1, 0.15) is 126 Å². The van der Waals surface area contributed by atoms with Gasteiger partial charge in [-0.1, -0.05) is 55.4 Å². The molecule has 0 N–H and O–H groups in total. The van der Waals surface area contributed by atoms with E-state index in [-0.39, 0.29) is 11.3 Å². The van der Waals surface area contributed by atoms with Gasteiger partial charge >= 0.3 is 0 Å². The zero-order chi connectivity index (χ0) is 22.7. The average Bonchev–Trinajstić information content (AvgIpc) is 2.69. The monoisotopic (exact) mass is 426 g/mol. The van der Waals surface area contributed by atoms with Gasteiger partial charge in [0.05, 0.1) is 0 Å². The van der Waals surface area contributed by atoms with Gasteiger partial charge in [0.2, 0.25) is 0 Å². The van der Waals surface area contributed by atoms with Crippen LogP contribution < -0.4 is 0 Å². The first-order valence-corrected chi connectivity index (χ1v) is 13.7. The Bertz CT molecular complexity index is 781. The zero-order valence-electron chi connectivity index (χ0n) is 22.0. The first-order chi connectivity index (χ1) is 14.2. The van der Waals surface area contributed by atoms with Crippen molar-refractivity contribution in [1.82, 2.24) is 0 Å². The van der Waals surface area contributed by atoms with Gasteiger partial charge in [-0.15, -0.1) is 0 Å². The summed E-state index contributed by atoms with van der Waals surface area (Å²) in [4.78, 5) is 12.7. The van der Waals surface area contributed by atoms with E-state index in [1.807, 2.05) is 0 Å². The molecule has 5 fully saturated rings. The summed E-state index contributed by atoms with van der Waals surface area (Å²) in [5, 5.41) is 0. The number of rotatable bonds is 0. The molecule has 0 radical (unpaired) electrons. The molecule has 1 nitrogen and oxygen atoms in total. The van der Waals surface area contributed by atoms with Gasteiger partial charge in [0, 0.05) is 12.3 Å². The lowest BCUT2D eigenvalue weighted by molar-refractivity contribution is -0.256. The summed E-state index contributed by atoms with van der Waals surface area (Å²) in [6, 6.07) is 0. The lowest BCUT2D eigenvalue weighted by atomic mass is 9.30. The second-order valence-corrected chi connectivity index (χ2v) is 15.3. The minimum Gasteiger partial charge on any atom is -0.299 e. The average molecular weight is 427 g/mol. The van der Waals surface area contributed by atoms with Crippen LogP contribution in [0.5, 0.6) is 0 Å². The van der Waals surface area contributed by atoms with Crippen LogP contribution in [0.3, 0.4) is 0 Å². The van der Waals surface area contributed by atoms with E-state index >= 15 is 0 Å². The molecule has 0 aromatic rings. The van der Waals surface area contributed by atoms with Crippen LogP contribution in [-0.4, -0.2) is 5.78 Å². The van der Waals surface area contributed by atoms with E-state index in [9.17, 15) is 4.79 Å². The Morgan fingerprint density at radius 2 is 1.26 bits per heavy atom. The van der Waals surface area contributed by atoms with E-state index in [1.54, 1.807) is 0 Å². The predicted molar refractivity (Wildman–Crippen MR) is 130 cm³/mol. The lowest BCUT2D eigenvalue weighted by Crippen LogP contribution is -2.67. The van der Waals surface area contributed by atoms with Crippen LogP contribution in [-0.2, 0) is 4.79 Å². The molecule has 0 aromatic carbocycles. The van der Waals surface area contributed by atoms with Gasteiger partial charge in [-0.3, -0.25) is 4.79 Å². The summed E-state index contributed by atoms with van der Waals surface area (Å²) < 4.78 is 0. The molecule has 0 unspecified atom stereocenters. The Morgan fingerprint density at radius 1 is 0.645 bits per heavy atom. The van der Waals surface area contributed by atoms with Crippen molar-refractivity contribution >= 4 is 5.78 Å². The van der Waals surface area contributed by atoms with Crippen LogP contribution >= 0.6 is 0 Å². The first-order valence-electron chi connectivity index (χ1n) is 13.7. The summed E-state index contributed by atoms with van der Waals surface area (Å²) in [7, 11) is 0. The van der Waals surface area contributed by atoms with Crippen LogP contribution in [0.2, 0.25) is 0 Å². The standard InChI is InChI=1S/C30H50O/c1-20-21(31)9-10-22-27(20,5)12-11-23-28(22,6)16-18-30(8)24-19-25(2,3)13-14-26(24,4)15-17-29(23,30)7/h20,22-24H,9-19H2,1-8H3/t20-,22+,23-,24+,26+,27+,28-,29+,30+/m0/s1. The van der Waals surface area contributed by atoms with Crippen molar-refractivity contribution in [3.63, 3.8) is 0 Å². The SMILES string of the molecule is C[C@H]1C(=O)CC[C@@H]2[C@]1(C)CC[C@H]1[C@@]2(C)CC[C@]2(C)[C@@H]3CC(C)(C)CC[C@]3(C)CC[C@]12C. The fourth-order valence-electron chi connectivity index (χ4n) is 11.2. The third kappa shape index (κ3) is 2.70. The fraction of sp³-hybridized carbons (Fsp3) is 0.967. The van der Waals surface area contributed by atoms with Gasteiger partial charge in [0.1, 0.15) is 5.78 Å². The van der Waals surface area contributed by atoms with Gasteiger partial charge in [-0.05, 0) is 114 Å². The molecule has 0 saturated heterocycles. The maximum Gasteiger partial charge on any atom is 0.136 e. The van der Waals surface area contributed by atoms with Crippen molar-refractivity contribution < 1.29 is 4.79 Å². The Balaban J connectivity index is 1.55. The van der Waals surface area contributed by atoms with Crippen molar-refractivity contribution in [1.29, 1.82) is 0 Å². The molecule has 9 atom stereocenters. The van der Waals surface area contributed by atoms with Crippen LogP contribution in [0, 0.1) is 56.2 Å². The van der Waals surface area contributed by atoms with Gasteiger partial charge in [0.15, 0.2) is 0 Å². The Morgan fingerprint density at radius 3 is 1.97 bits per heavy atom. The van der Waals surface area contributed by atoms with Crippen LogP contribution in [0.4, 0.5) is 0 Å². The Hall–Kier alpha value is -0.330. The number of hydrogen-bond donors (Lipinski definition) is 0. The number of carbonyl (C=O) groups excluding carboxylic acids is 1.